The number of benzene rings is 1. The van der Waals surface area contributed by atoms with E-state index in [2.05, 4.69) is 0 Å². The molecule has 108 valence electrons. The van der Waals surface area contributed by atoms with E-state index in [9.17, 15) is 8.42 Å². The van der Waals surface area contributed by atoms with Crippen molar-refractivity contribution < 1.29 is 19.4 Å². The van der Waals surface area contributed by atoms with Gasteiger partial charge in [0.15, 0.2) is 9.84 Å². The number of sulfone groups is 1. The van der Waals surface area contributed by atoms with E-state index in [1.54, 1.807) is 32.9 Å². The Labute approximate surface area is 116 Å². The molecule has 0 saturated heterocycles. The molecule has 0 aliphatic carbocycles. The van der Waals surface area contributed by atoms with Crippen molar-refractivity contribution in [3.05, 3.63) is 29.8 Å². The van der Waals surface area contributed by atoms with Crippen LogP contribution in [0.25, 0.3) is 0 Å². The monoisotopic (exact) mass is 296 g/mol. The molecule has 6 heteroatoms. The molecule has 4 N–H and O–H groups in total. The maximum absolute atomic E-state index is 12.1. The van der Waals surface area contributed by atoms with Crippen LogP contribution < -0.4 is 0 Å². The zero-order chi connectivity index (χ0) is 11.7. The molecule has 1 rings (SSSR count). The Balaban J connectivity index is -0.000000750. The van der Waals surface area contributed by atoms with E-state index >= 15 is 0 Å². The van der Waals surface area contributed by atoms with Crippen LogP contribution in [0.5, 0.6) is 0 Å². The second kappa shape index (κ2) is 7.78. The summed E-state index contributed by atoms with van der Waals surface area (Å²) in [5.41, 5.74) is 1.16. The predicted molar refractivity (Wildman–Crippen MR) is 80.4 cm³/mol. The quantitative estimate of drug-likeness (QED) is 0.821. The summed E-state index contributed by atoms with van der Waals surface area (Å²) in [7, 11) is -3.20. The van der Waals surface area contributed by atoms with E-state index in [0.717, 1.165) is 12.0 Å². The first kappa shape index (κ1) is 22.6. The Hall–Kier alpha value is -0.560. The molecule has 4 nitrogen and oxygen atoms in total. The average molecular weight is 296 g/mol. The van der Waals surface area contributed by atoms with Crippen molar-refractivity contribution in [1.29, 1.82) is 0 Å². The van der Waals surface area contributed by atoms with Crippen molar-refractivity contribution in [3.8, 4) is 0 Å². The van der Waals surface area contributed by atoms with E-state index in [1.807, 2.05) is 19.1 Å². The summed E-state index contributed by atoms with van der Waals surface area (Å²) in [6, 6.07) is 7.14. The fraction of sp³-hybridized carbons (Fsp3) is 0.500. The van der Waals surface area contributed by atoms with Crippen LogP contribution in [0.4, 0.5) is 0 Å². The topological polar surface area (TPSA) is 97.1 Å². The van der Waals surface area contributed by atoms with Gasteiger partial charge in [-0.05, 0) is 44.9 Å². The van der Waals surface area contributed by atoms with Crippen LogP contribution in [0.1, 0.15) is 33.3 Å². The highest BCUT2D eigenvalue weighted by atomic mass is 32.2. The molecule has 18 heavy (non-hydrogen) atoms. The molecular formula is C12H24O4S2. The van der Waals surface area contributed by atoms with Gasteiger partial charge in [-0.15, -0.1) is 0 Å². The van der Waals surface area contributed by atoms with Gasteiger partial charge in [0, 0.05) is 0 Å². The highest BCUT2D eigenvalue weighted by molar-refractivity contribution is 7.92. The minimum absolute atomic E-state index is 0. The second-order valence-corrected chi connectivity index (χ2v) is 7.32. The van der Waals surface area contributed by atoms with Gasteiger partial charge in [0.25, 0.3) is 0 Å². The first-order chi connectivity index (χ1) is 6.79. The molecule has 0 unspecified atom stereocenters. The van der Waals surface area contributed by atoms with Gasteiger partial charge in [-0.2, -0.15) is 13.5 Å². The maximum Gasteiger partial charge on any atom is 0.183 e. The van der Waals surface area contributed by atoms with E-state index in [4.69, 9.17) is 0 Å². The molecule has 0 aliphatic heterocycles. The number of hydrogen-bond acceptors (Lipinski definition) is 2. The van der Waals surface area contributed by atoms with Crippen LogP contribution in [-0.4, -0.2) is 24.1 Å². The van der Waals surface area contributed by atoms with Gasteiger partial charge in [-0.25, -0.2) is 8.42 Å². The van der Waals surface area contributed by atoms with Crippen molar-refractivity contribution in [2.75, 3.05) is 0 Å². The van der Waals surface area contributed by atoms with E-state index in [0.29, 0.717) is 4.90 Å². The lowest BCUT2D eigenvalue weighted by Gasteiger charge is -2.19. The lowest BCUT2D eigenvalue weighted by Crippen LogP contribution is -2.27. The van der Waals surface area contributed by atoms with Crippen LogP contribution in [0.15, 0.2) is 29.2 Å². The van der Waals surface area contributed by atoms with E-state index < -0.39 is 14.6 Å². The third-order valence-corrected chi connectivity index (χ3v) is 4.95. The van der Waals surface area contributed by atoms with Gasteiger partial charge in [0.2, 0.25) is 0 Å². The second-order valence-electron chi connectivity index (χ2n) is 4.61. The van der Waals surface area contributed by atoms with Gasteiger partial charge < -0.3 is 11.0 Å². The van der Waals surface area contributed by atoms with Crippen molar-refractivity contribution in [2.45, 2.75) is 43.8 Å². The number of rotatable bonds is 2. The highest BCUT2D eigenvalue weighted by Crippen LogP contribution is 2.24. The summed E-state index contributed by atoms with van der Waals surface area (Å²) < 4.78 is 23.4. The first-order valence-corrected chi connectivity index (χ1v) is 6.61. The Bertz CT molecular complexity index is 430. The molecule has 1 aromatic rings. The van der Waals surface area contributed by atoms with E-state index in [-0.39, 0.29) is 24.4 Å². The molecule has 0 atom stereocenters. The summed E-state index contributed by atoms with van der Waals surface area (Å²) in [5.74, 6) is 0. The smallest absolute Gasteiger partial charge is 0.183 e. The minimum Gasteiger partial charge on any atom is -0.412 e. The van der Waals surface area contributed by atoms with Crippen molar-refractivity contribution >= 4 is 23.3 Å². The molecular weight excluding hydrogens is 272 g/mol. The van der Waals surface area contributed by atoms with Gasteiger partial charge in [0.1, 0.15) is 0 Å². The molecule has 0 aromatic heterocycles. The lowest BCUT2D eigenvalue weighted by atomic mass is 10.2. The predicted octanol–water partition coefficient (Wildman–Crippen LogP) is 1.28. The molecule has 1 aromatic carbocycles. The van der Waals surface area contributed by atoms with Crippen molar-refractivity contribution in [2.24, 2.45) is 0 Å². The Morgan fingerprint density at radius 1 is 1.00 bits per heavy atom. The zero-order valence-electron chi connectivity index (χ0n) is 11.2. The third kappa shape index (κ3) is 4.61. The minimum atomic E-state index is -3.20. The lowest BCUT2D eigenvalue weighted by molar-refractivity contribution is 0.560. The Morgan fingerprint density at radius 3 is 1.67 bits per heavy atom. The standard InChI is InChI=1S/C12H18O2S.2H2O.H2S/c1-5-10-6-8-11(9-7-10)15(13,14)12(2,3)4;;;/h6-9H,5H2,1-4H3;3*1H2. The fourth-order valence-corrected chi connectivity index (χ4v) is 2.46. The van der Waals surface area contributed by atoms with Crippen molar-refractivity contribution in [1.82, 2.24) is 0 Å². The van der Waals surface area contributed by atoms with Gasteiger partial charge in [-0.3, -0.25) is 0 Å². The molecule has 0 bridgehead atoms. The average Bonchev–Trinajstić information content (AvgIpc) is 2.16. The largest absolute Gasteiger partial charge is 0.412 e. The first-order valence-electron chi connectivity index (χ1n) is 5.12. The van der Waals surface area contributed by atoms with Crippen LogP contribution in [0, 0.1) is 0 Å². The van der Waals surface area contributed by atoms with Crippen LogP contribution in [0.3, 0.4) is 0 Å². The third-order valence-electron chi connectivity index (χ3n) is 2.45. The molecule has 0 amide bonds. The summed E-state index contributed by atoms with van der Waals surface area (Å²) in [5, 5.41) is 0. The van der Waals surface area contributed by atoms with Gasteiger partial charge in [0.05, 0.1) is 9.64 Å². The highest BCUT2D eigenvalue weighted by Gasteiger charge is 2.30. The zero-order valence-corrected chi connectivity index (χ0v) is 13.1. The molecule has 0 spiro atoms. The molecule has 0 fully saturated rings. The Kier molecular flexibility index (Phi) is 9.77. The van der Waals surface area contributed by atoms with Crippen LogP contribution in [0.2, 0.25) is 0 Å². The van der Waals surface area contributed by atoms with E-state index in [1.165, 1.54) is 0 Å². The fourth-order valence-electron chi connectivity index (χ4n) is 1.26. The molecule has 0 heterocycles. The van der Waals surface area contributed by atoms with Crippen LogP contribution >= 0.6 is 13.5 Å². The Morgan fingerprint density at radius 2 is 1.39 bits per heavy atom. The summed E-state index contributed by atoms with van der Waals surface area (Å²) in [6.07, 6.45) is 0.926. The molecule has 0 saturated carbocycles. The molecule has 0 radical (unpaired) electrons. The molecule has 0 aliphatic rings. The van der Waals surface area contributed by atoms with Gasteiger partial charge >= 0.3 is 0 Å². The SMILES string of the molecule is CCc1ccc(S(=O)(=O)C(C)(C)C)cc1.O.O.S. The van der Waals surface area contributed by atoms with Gasteiger partial charge in [-0.1, -0.05) is 19.1 Å². The van der Waals surface area contributed by atoms with Crippen LogP contribution in [-0.2, 0) is 16.3 Å². The summed E-state index contributed by atoms with van der Waals surface area (Å²) in [6.45, 7) is 7.20. The number of aryl methyl sites for hydroxylation is 1. The summed E-state index contributed by atoms with van der Waals surface area (Å²) >= 11 is 0. The number of hydrogen-bond donors (Lipinski definition) is 0. The normalized spacial score (nSPS) is 10.7. The van der Waals surface area contributed by atoms with Crippen molar-refractivity contribution in [3.63, 3.8) is 0 Å². The maximum atomic E-state index is 12.1. The summed E-state index contributed by atoms with van der Waals surface area (Å²) in [4.78, 5) is 0.409.